The molecule has 142 valence electrons. The van der Waals surface area contributed by atoms with Crippen molar-refractivity contribution in [3.05, 3.63) is 52.4 Å². The van der Waals surface area contributed by atoms with Gasteiger partial charge in [0.25, 0.3) is 17.7 Å². The lowest BCUT2D eigenvalue weighted by molar-refractivity contribution is -0.148. The number of amides is 3. The monoisotopic (exact) mass is 389 g/mol. The minimum atomic E-state index is -0.936. The van der Waals surface area contributed by atoms with E-state index in [1.807, 2.05) is 13.0 Å². The lowest BCUT2D eigenvalue weighted by Crippen LogP contribution is -2.40. The standard InChI is InChI=1S/C18H19N3O5S/c1-10-4-3-5-12(8-10)16(24)20-11(2)18(25)26-9-14(22)21-17-13(15(19)23)6-7-27-17/h3-8,11H,9H2,1-2H3,(H2,19,23)(H,20,24)(H,21,22)/t11-/m0/s1. The number of carbonyl (C=O) groups is 4. The summed E-state index contributed by atoms with van der Waals surface area (Å²) >= 11 is 1.12. The van der Waals surface area contributed by atoms with Gasteiger partial charge in [0.2, 0.25) is 0 Å². The number of ether oxygens (including phenoxy) is 1. The summed E-state index contributed by atoms with van der Waals surface area (Å²) in [5, 5.41) is 6.85. The molecule has 1 aromatic carbocycles. The predicted molar refractivity (Wildman–Crippen MR) is 101 cm³/mol. The second-order valence-corrected chi connectivity index (χ2v) is 6.66. The summed E-state index contributed by atoms with van der Waals surface area (Å²) in [7, 11) is 0. The smallest absolute Gasteiger partial charge is 0.328 e. The Labute approximate surface area is 159 Å². The molecule has 27 heavy (non-hydrogen) atoms. The summed E-state index contributed by atoms with van der Waals surface area (Å²) in [6.45, 7) is 2.75. The number of rotatable bonds is 7. The van der Waals surface area contributed by atoms with Crippen LogP contribution < -0.4 is 16.4 Å². The minimum Gasteiger partial charge on any atom is -0.454 e. The van der Waals surface area contributed by atoms with E-state index in [2.05, 4.69) is 10.6 Å². The fraction of sp³-hybridized carbons (Fsp3) is 0.222. The highest BCUT2D eigenvalue weighted by Gasteiger charge is 2.20. The van der Waals surface area contributed by atoms with Crippen molar-refractivity contribution in [2.75, 3.05) is 11.9 Å². The first-order valence-corrected chi connectivity index (χ1v) is 8.87. The molecular formula is C18H19N3O5S. The van der Waals surface area contributed by atoms with E-state index in [1.165, 1.54) is 13.0 Å². The molecule has 0 radical (unpaired) electrons. The van der Waals surface area contributed by atoms with Crippen molar-refractivity contribution in [1.82, 2.24) is 5.32 Å². The van der Waals surface area contributed by atoms with Gasteiger partial charge in [-0.25, -0.2) is 4.79 Å². The molecule has 0 aliphatic heterocycles. The highest BCUT2D eigenvalue weighted by atomic mass is 32.1. The highest BCUT2D eigenvalue weighted by molar-refractivity contribution is 7.14. The van der Waals surface area contributed by atoms with Gasteiger partial charge in [-0.15, -0.1) is 11.3 Å². The van der Waals surface area contributed by atoms with Gasteiger partial charge in [-0.1, -0.05) is 17.7 Å². The van der Waals surface area contributed by atoms with Crippen LogP contribution in [-0.4, -0.2) is 36.3 Å². The van der Waals surface area contributed by atoms with Crippen molar-refractivity contribution in [3.8, 4) is 0 Å². The average Bonchev–Trinajstić information content (AvgIpc) is 3.07. The maximum absolute atomic E-state index is 12.1. The second-order valence-electron chi connectivity index (χ2n) is 5.75. The van der Waals surface area contributed by atoms with Gasteiger partial charge < -0.3 is 21.1 Å². The third kappa shape index (κ3) is 5.65. The van der Waals surface area contributed by atoms with E-state index in [9.17, 15) is 19.2 Å². The van der Waals surface area contributed by atoms with Crippen LogP contribution in [0.15, 0.2) is 35.7 Å². The number of esters is 1. The van der Waals surface area contributed by atoms with Crippen LogP contribution in [0, 0.1) is 6.92 Å². The molecular weight excluding hydrogens is 370 g/mol. The lowest BCUT2D eigenvalue weighted by Gasteiger charge is -2.13. The summed E-state index contributed by atoms with van der Waals surface area (Å²) in [6.07, 6.45) is 0. The highest BCUT2D eigenvalue weighted by Crippen LogP contribution is 2.22. The van der Waals surface area contributed by atoms with Crippen LogP contribution in [0.2, 0.25) is 0 Å². The maximum atomic E-state index is 12.1. The Balaban J connectivity index is 1.83. The third-order valence-corrected chi connectivity index (χ3v) is 4.34. The molecule has 0 aliphatic rings. The summed E-state index contributed by atoms with van der Waals surface area (Å²) < 4.78 is 4.90. The predicted octanol–water partition coefficient (Wildman–Crippen LogP) is 1.46. The number of aryl methyl sites for hydroxylation is 1. The molecule has 0 aliphatic carbocycles. The fourth-order valence-corrected chi connectivity index (χ4v) is 2.96. The number of carbonyl (C=O) groups excluding carboxylic acids is 4. The number of primary amides is 1. The largest absolute Gasteiger partial charge is 0.454 e. The number of nitrogens with two attached hydrogens (primary N) is 1. The van der Waals surface area contributed by atoms with Crippen LogP contribution in [-0.2, 0) is 14.3 Å². The van der Waals surface area contributed by atoms with Gasteiger partial charge in [0, 0.05) is 5.56 Å². The first kappa shape index (κ1) is 20.1. The van der Waals surface area contributed by atoms with Crippen molar-refractivity contribution < 1.29 is 23.9 Å². The molecule has 3 amide bonds. The van der Waals surface area contributed by atoms with Gasteiger partial charge in [0.15, 0.2) is 6.61 Å². The van der Waals surface area contributed by atoms with Crippen LogP contribution in [0.3, 0.4) is 0 Å². The molecule has 0 saturated heterocycles. The van der Waals surface area contributed by atoms with E-state index in [-0.39, 0.29) is 10.6 Å². The normalized spacial score (nSPS) is 11.3. The number of anilines is 1. The molecule has 0 saturated carbocycles. The van der Waals surface area contributed by atoms with Crippen molar-refractivity contribution in [2.45, 2.75) is 19.9 Å². The number of hydrogen-bond acceptors (Lipinski definition) is 6. The van der Waals surface area contributed by atoms with E-state index >= 15 is 0 Å². The lowest BCUT2D eigenvalue weighted by atomic mass is 10.1. The van der Waals surface area contributed by atoms with Gasteiger partial charge in [-0.3, -0.25) is 14.4 Å². The quantitative estimate of drug-likeness (QED) is 0.618. The number of benzene rings is 1. The zero-order valence-electron chi connectivity index (χ0n) is 14.8. The van der Waals surface area contributed by atoms with Crippen molar-refractivity contribution in [3.63, 3.8) is 0 Å². The Hall–Kier alpha value is -3.20. The summed E-state index contributed by atoms with van der Waals surface area (Å²) in [5.74, 6) is -2.47. The topological polar surface area (TPSA) is 128 Å². The molecule has 4 N–H and O–H groups in total. The average molecular weight is 389 g/mol. The van der Waals surface area contributed by atoms with Gasteiger partial charge >= 0.3 is 5.97 Å². The molecule has 2 aromatic rings. The van der Waals surface area contributed by atoms with Crippen LogP contribution in [0.5, 0.6) is 0 Å². The number of thiophene rings is 1. The van der Waals surface area contributed by atoms with Crippen LogP contribution in [0.4, 0.5) is 5.00 Å². The molecule has 1 aromatic heterocycles. The third-order valence-electron chi connectivity index (χ3n) is 3.51. The summed E-state index contributed by atoms with van der Waals surface area (Å²) in [4.78, 5) is 47.2. The summed E-state index contributed by atoms with van der Waals surface area (Å²) in [5.41, 5.74) is 6.71. The maximum Gasteiger partial charge on any atom is 0.328 e. The molecule has 0 bridgehead atoms. The Morgan fingerprint density at radius 2 is 1.96 bits per heavy atom. The second kappa shape index (κ2) is 8.95. The van der Waals surface area contributed by atoms with Gasteiger partial charge in [-0.05, 0) is 37.4 Å². The molecule has 0 spiro atoms. The molecule has 9 heteroatoms. The van der Waals surface area contributed by atoms with Gasteiger partial charge in [0.1, 0.15) is 11.0 Å². The summed E-state index contributed by atoms with van der Waals surface area (Å²) in [6, 6.07) is 7.46. The van der Waals surface area contributed by atoms with E-state index in [4.69, 9.17) is 10.5 Å². The van der Waals surface area contributed by atoms with Gasteiger partial charge in [-0.2, -0.15) is 0 Å². The van der Waals surface area contributed by atoms with Crippen LogP contribution in [0.25, 0.3) is 0 Å². The van der Waals surface area contributed by atoms with Gasteiger partial charge in [0.05, 0.1) is 5.56 Å². The van der Waals surface area contributed by atoms with E-state index in [1.54, 1.807) is 23.6 Å². The van der Waals surface area contributed by atoms with Crippen molar-refractivity contribution >= 4 is 40.0 Å². The van der Waals surface area contributed by atoms with E-state index in [0.717, 1.165) is 16.9 Å². The SMILES string of the molecule is Cc1cccc(C(=O)N[C@@H](C)C(=O)OCC(=O)Nc2sccc2C(N)=O)c1. The molecule has 0 fully saturated rings. The molecule has 1 heterocycles. The Morgan fingerprint density at radius 1 is 1.22 bits per heavy atom. The number of hydrogen-bond donors (Lipinski definition) is 3. The number of nitrogens with one attached hydrogen (secondary N) is 2. The Kier molecular flexibility index (Phi) is 6.67. The van der Waals surface area contributed by atoms with Crippen LogP contribution in [0.1, 0.15) is 33.2 Å². The minimum absolute atomic E-state index is 0.179. The van der Waals surface area contributed by atoms with Crippen molar-refractivity contribution in [1.29, 1.82) is 0 Å². The Morgan fingerprint density at radius 3 is 2.63 bits per heavy atom. The first-order valence-electron chi connectivity index (χ1n) is 7.99. The zero-order valence-corrected chi connectivity index (χ0v) is 15.6. The fourth-order valence-electron chi connectivity index (χ4n) is 2.15. The zero-order chi connectivity index (χ0) is 20.0. The van der Waals surface area contributed by atoms with E-state index < -0.39 is 36.3 Å². The van der Waals surface area contributed by atoms with E-state index in [0.29, 0.717) is 5.56 Å². The molecule has 8 nitrogen and oxygen atoms in total. The molecule has 0 unspecified atom stereocenters. The first-order chi connectivity index (χ1) is 12.8. The Bertz CT molecular complexity index is 877. The molecule has 2 rings (SSSR count). The van der Waals surface area contributed by atoms with Crippen molar-refractivity contribution in [2.24, 2.45) is 5.73 Å². The van der Waals surface area contributed by atoms with Crippen LogP contribution >= 0.6 is 11.3 Å². The molecule has 1 atom stereocenters.